The fraction of sp³-hybridized carbons (Fsp3) is 1.00. The van der Waals surface area contributed by atoms with Crippen molar-refractivity contribution in [3.63, 3.8) is 0 Å². The quantitative estimate of drug-likeness (QED) is 0.325. The first-order chi connectivity index (χ1) is 11.0. The number of aliphatic hydroxyl groups is 4. The average Bonchev–Trinajstić information content (AvgIpc) is 2.53. The molecule has 140 valence electrons. The van der Waals surface area contributed by atoms with E-state index in [0.717, 1.165) is 38.5 Å². The van der Waals surface area contributed by atoms with Gasteiger partial charge < -0.3 is 25.2 Å². The van der Waals surface area contributed by atoms with Crippen molar-refractivity contribution in [3.8, 4) is 0 Å². The highest BCUT2D eigenvalue weighted by Crippen LogP contribution is 2.11. The van der Waals surface area contributed by atoms with Gasteiger partial charge in [0, 0.05) is 13.2 Å². The Bertz CT molecular complexity index is 226. The van der Waals surface area contributed by atoms with Crippen molar-refractivity contribution in [2.45, 2.75) is 102 Å². The summed E-state index contributed by atoms with van der Waals surface area (Å²) in [7, 11) is 0. The lowest BCUT2D eigenvalue weighted by molar-refractivity contribution is 0.00529. The average molecular weight is 334 g/mol. The molecule has 0 saturated heterocycles. The molecule has 0 fully saturated rings. The molecule has 4 unspecified atom stereocenters. The van der Waals surface area contributed by atoms with Gasteiger partial charge >= 0.3 is 0 Å². The predicted octanol–water partition coefficient (Wildman–Crippen LogP) is 2.39. The molecule has 5 heteroatoms. The minimum atomic E-state index is -0.619. The van der Waals surface area contributed by atoms with Gasteiger partial charge in [-0.2, -0.15) is 0 Å². The maximum atomic E-state index is 9.72. The summed E-state index contributed by atoms with van der Waals surface area (Å²) in [5, 5.41) is 38.7. The van der Waals surface area contributed by atoms with Crippen LogP contribution >= 0.6 is 0 Å². The van der Waals surface area contributed by atoms with Gasteiger partial charge in [-0.25, -0.2) is 0 Å². The second-order valence-corrected chi connectivity index (χ2v) is 6.45. The van der Waals surface area contributed by atoms with E-state index in [0.29, 0.717) is 38.9 Å². The molecule has 5 nitrogen and oxygen atoms in total. The van der Waals surface area contributed by atoms with Gasteiger partial charge in [0.1, 0.15) is 0 Å². The predicted molar refractivity (Wildman–Crippen MR) is 92.4 cm³/mol. The van der Waals surface area contributed by atoms with Crippen LogP contribution in [0.1, 0.15) is 78.1 Å². The molecule has 0 aliphatic carbocycles. The van der Waals surface area contributed by atoms with E-state index in [4.69, 9.17) is 4.74 Å². The lowest BCUT2D eigenvalue weighted by Gasteiger charge is -2.17. The van der Waals surface area contributed by atoms with E-state index in [1.807, 2.05) is 13.8 Å². The number of hydrogen-bond acceptors (Lipinski definition) is 5. The van der Waals surface area contributed by atoms with Crippen LogP contribution in [0.25, 0.3) is 0 Å². The molecule has 4 atom stereocenters. The first-order valence-electron chi connectivity index (χ1n) is 9.32. The van der Waals surface area contributed by atoms with Gasteiger partial charge in [0.05, 0.1) is 24.4 Å². The van der Waals surface area contributed by atoms with E-state index in [-0.39, 0.29) is 0 Å². The van der Waals surface area contributed by atoms with Crippen molar-refractivity contribution < 1.29 is 25.2 Å². The van der Waals surface area contributed by atoms with Crippen LogP contribution in [-0.4, -0.2) is 58.1 Å². The number of ether oxygens (including phenoxy) is 1. The van der Waals surface area contributed by atoms with Crippen LogP contribution < -0.4 is 0 Å². The molecular weight excluding hydrogens is 296 g/mol. The SMILES string of the molecule is CCCC(O)C(O)CCCCOCCCCC(O)C(O)CCC. The molecule has 0 aliphatic rings. The minimum absolute atomic E-state index is 0.601. The molecule has 0 aromatic carbocycles. The molecule has 0 radical (unpaired) electrons. The van der Waals surface area contributed by atoms with Gasteiger partial charge in [0.15, 0.2) is 0 Å². The second-order valence-electron chi connectivity index (χ2n) is 6.45. The summed E-state index contributed by atoms with van der Waals surface area (Å²) in [6, 6.07) is 0. The zero-order valence-corrected chi connectivity index (χ0v) is 15.0. The van der Waals surface area contributed by atoms with Crippen LogP contribution in [0, 0.1) is 0 Å². The van der Waals surface area contributed by atoms with Crippen molar-refractivity contribution in [1.29, 1.82) is 0 Å². The normalized spacial score (nSPS) is 17.0. The van der Waals surface area contributed by atoms with E-state index >= 15 is 0 Å². The molecule has 0 heterocycles. The minimum Gasteiger partial charge on any atom is -0.390 e. The van der Waals surface area contributed by atoms with Crippen molar-refractivity contribution in [2.75, 3.05) is 13.2 Å². The van der Waals surface area contributed by atoms with Gasteiger partial charge in [0.25, 0.3) is 0 Å². The number of hydrogen-bond donors (Lipinski definition) is 4. The zero-order chi connectivity index (χ0) is 17.5. The number of unbranched alkanes of at least 4 members (excludes halogenated alkanes) is 2. The molecule has 0 rings (SSSR count). The molecule has 23 heavy (non-hydrogen) atoms. The summed E-state index contributed by atoms with van der Waals surface area (Å²) in [5.74, 6) is 0. The Balaban J connectivity index is 3.37. The fourth-order valence-corrected chi connectivity index (χ4v) is 2.58. The fourth-order valence-electron chi connectivity index (χ4n) is 2.58. The summed E-state index contributed by atoms with van der Waals surface area (Å²) >= 11 is 0. The van der Waals surface area contributed by atoms with E-state index in [1.54, 1.807) is 0 Å². The zero-order valence-electron chi connectivity index (χ0n) is 15.0. The third-order valence-electron chi connectivity index (χ3n) is 4.13. The van der Waals surface area contributed by atoms with Crippen molar-refractivity contribution in [2.24, 2.45) is 0 Å². The molecule has 0 bridgehead atoms. The first kappa shape index (κ1) is 22.8. The Labute approximate surface area is 141 Å². The Hall–Kier alpha value is -0.200. The van der Waals surface area contributed by atoms with E-state index in [9.17, 15) is 20.4 Å². The van der Waals surface area contributed by atoms with Crippen molar-refractivity contribution in [3.05, 3.63) is 0 Å². The molecule has 0 spiro atoms. The van der Waals surface area contributed by atoms with Crippen molar-refractivity contribution in [1.82, 2.24) is 0 Å². The summed E-state index contributed by atoms with van der Waals surface area (Å²) < 4.78 is 5.52. The summed E-state index contributed by atoms with van der Waals surface area (Å²) in [4.78, 5) is 0. The Morgan fingerprint density at radius 3 is 1.26 bits per heavy atom. The second kappa shape index (κ2) is 15.3. The first-order valence-corrected chi connectivity index (χ1v) is 9.32. The van der Waals surface area contributed by atoms with Gasteiger partial charge in [-0.1, -0.05) is 26.7 Å². The summed E-state index contributed by atoms with van der Waals surface area (Å²) in [6.07, 6.45) is 5.32. The largest absolute Gasteiger partial charge is 0.390 e. The third kappa shape index (κ3) is 12.8. The van der Waals surface area contributed by atoms with Crippen LogP contribution in [-0.2, 0) is 4.74 Å². The van der Waals surface area contributed by atoms with Crippen LogP contribution in [0.2, 0.25) is 0 Å². The Morgan fingerprint density at radius 1 is 0.565 bits per heavy atom. The van der Waals surface area contributed by atoms with Gasteiger partial charge in [-0.3, -0.25) is 0 Å². The molecule has 4 N–H and O–H groups in total. The van der Waals surface area contributed by atoms with E-state index in [2.05, 4.69) is 0 Å². The van der Waals surface area contributed by atoms with Crippen LogP contribution in [0.15, 0.2) is 0 Å². The molecule has 0 aromatic rings. The maximum absolute atomic E-state index is 9.72. The van der Waals surface area contributed by atoms with Crippen LogP contribution in [0.3, 0.4) is 0 Å². The van der Waals surface area contributed by atoms with Crippen LogP contribution in [0.4, 0.5) is 0 Å². The highest BCUT2D eigenvalue weighted by atomic mass is 16.5. The standard InChI is InChI=1S/C18H38O5/c1-3-9-15(19)17(21)11-5-7-13-23-14-8-6-12-18(22)16(20)10-4-2/h15-22H,3-14H2,1-2H3. The summed E-state index contributed by atoms with van der Waals surface area (Å²) in [6.45, 7) is 5.32. The van der Waals surface area contributed by atoms with Crippen molar-refractivity contribution >= 4 is 0 Å². The van der Waals surface area contributed by atoms with Gasteiger partial charge in [-0.05, 0) is 51.4 Å². The number of aliphatic hydroxyl groups excluding tert-OH is 4. The summed E-state index contributed by atoms with van der Waals surface area (Å²) in [5.41, 5.74) is 0. The smallest absolute Gasteiger partial charge is 0.0799 e. The van der Waals surface area contributed by atoms with E-state index < -0.39 is 24.4 Å². The Kier molecular flexibility index (Phi) is 15.2. The molecule has 0 aromatic heterocycles. The third-order valence-corrected chi connectivity index (χ3v) is 4.13. The molecular formula is C18H38O5. The topological polar surface area (TPSA) is 90.2 Å². The highest BCUT2D eigenvalue weighted by molar-refractivity contribution is 4.67. The molecule has 0 aliphatic heterocycles. The van der Waals surface area contributed by atoms with Gasteiger partial charge in [0.2, 0.25) is 0 Å². The van der Waals surface area contributed by atoms with E-state index in [1.165, 1.54) is 0 Å². The van der Waals surface area contributed by atoms with Crippen LogP contribution in [0.5, 0.6) is 0 Å². The maximum Gasteiger partial charge on any atom is 0.0799 e. The lowest BCUT2D eigenvalue weighted by atomic mass is 10.0. The molecule has 0 saturated carbocycles. The monoisotopic (exact) mass is 334 g/mol. The Morgan fingerprint density at radius 2 is 0.913 bits per heavy atom. The number of rotatable bonds is 16. The lowest BCUT2D eigenvalue weighted by Crippen LogP contribution is -2.25. The van der Waals surface area contributed by atoms with Gasteiger partial charge in [-0.15, -0.1) is 0 Å². The molecule has 0 amide bonds. The highest BCUT2D eigenvalue weighted by Gasteiger charge is 2.15.